The van der Waals surface area contributed by atoms with Crippen LogP contribution < -0.4 is 25.8 Å². The van der Waals surface area contributed by atoms with Gasteiger partial charge in [-0.15, -0.1) is 11.3 Å². The number of carbonyl (C=O) groups is 4. The third-order valence-electron chi connectivity index (χ3n) is 5.95. The first-order chi connectivity index (χ1) is 15.3. The van der Waals surface area contributed by atoms with Gasteiger partial charge in [-0.2, -0.15) is 0 Å². The zero-order valence-electron chi connectivity index (χ0n) is 17.1. The van der Waals surface area contributed by atoms with Gasteiger partial charge in [-0.25, -0.2) is 4.79 Å². The van der Waals surface area contributed by atoms with E-state index in [0.717, 1.165) is 34.6 Å². The molecule has 4 N–H and O–H groups in total. The minimum Gasteiger partial charge on any atom is -0.454 e. The molecule has 32 heavy (non-hydrogen) atoms. The molecule has 1 atom stereocenters. The SMILES string of the molecule is C[C@@]1(c2ccc3c(c2)OCO3)NC(=O)N(CC(=O)Nc2sc3c(c2C(N)=O)CCC3)C1=O. The van der Waals surface area contributed by atoms with E-state index in [4.69, 9.17) is 15.2 Å². The van der Waals surface area contributed by atoms with Crippen molar-refractivity contribution in [3.05, 3.63) is 39.8 Å². The fourth-order valence-corrected chi connectivity index (χ4v) is 5.62. The molecule has 1 aromatic heterocycles. The number of nitrogens with two attached hydrogens (primary N) is 1. The molecule has 1 aromatic carbocycles. The molecule has 1 fully saturated rings. The van der Waals surface area contributed by atoms with Crippen LogP contribution in [0.3, 0.4) is 0 Å². The van der Waals surface area contributed by atoms with E-state index in [-0.39, 0.29) is 6.79 Å². The van der Waals surface area contributed by atoms with E-state index >= 15 is 0 Å². The largest absolute Gasteiger partial charge is 0.454 e. The van der Waals surface area contributed by atoms with Gasteiger partial charge in [0.1, 0.15) is 17.1 Å². The molecule has 3 heterocycles. The van der Waals surface area contributed by atoms with Crippen LogP contribution in [-0.4, -0.2) is 42.0 Å². The molecular formula is C21H20N4O6S. The molecule has 0 saturated carbocycles. The van der Waals surface area contributed by atoms with Gasteiger partial charge in [0.25, 0.3) is 11.8 Å². The molecule has 1 saturated heterocycles. The second-order valence-corrected chi connectivity index (χ2v) is 9.09. The van der Waals surface area contributed by atoms with Crippen molar-refractivity contribution in [1.82, 2.24) is 10.2 Å². The standard InChI is InChI=1S/C21H20N4O6S/c1-21(10-5-6-12-13(7-10)31-9-30-12)19(28)25(20(29)24-21)8-15(26)23-18-16(17(22)27)11-3-2-4-14(11)32-18/h5-7H,2-4,8-9H2,1H3,(H2,22,27)(H,23,26)(H,24,29)/t21-/m0/s1. The summed E-state index contributed by atoms with van der Waals surface area (Å²) >= 11 is 1.31. The van der Waals surface area contributed by atoms with Crippen molar-refractivity contribution in [3.8, 4) is 11.5 Å². The van der Waals surface area contributed by atoms with Crippen molar-refractivity contribution in [1.29, 1.82) is 0 Å². The number of hydrogen-bond donors (Lipinski definition) is 3. The zero-order valence-corrected chi connectivity index (χ0v) is 18.0. The number of carbonyl (C=O) groups excluding carboxylic acids is 4. The Balaban J connectivity index is 1.34. The van der Waals surface area contributed by atoms with Crippen LogP contribution in [0.15, 0.2) is 18.2 Å². The molecular weight excluding hydrogens is 436 g/mol. The minimum atomic E-state index is -1.36. The maximum absolute atomic E-state index is 13.1. The molecule has 0 unspecified atom stereocenters. The van der Waals surface area contributed by atoms with Crippen LogP contribution in [0.5, 0.6) is 11.5 Å². The highest BCUT2D eigenvalue weighted by atomic mass is 32.1. The number of rotatable bonds is 5. The average Bonchev–Trinajstić information content (AvgIpc) is 3.48. The number of benzene rings is 1. The van der Waals surface area contributed by atoms with E-state index in [1.165, 1.54) is 11.3 Å². The van der Waals surface area contributed by atoms with Crippen molar-refractivity contribution >= 4 is 40.1 Å². The second-order valence-electron chi connectivity index (χ2n) is 7.99. The molecule has 2 aromatic rings. The van der Waals surface area contributed by atoms with E-state index in [9.17, 15) is 19.2 Å². The fourth-order valence-electron chi connectivity index (χ4n) is 4.31. The predicted molar refractivity (Wildman–Crippen MR) is 114 cm³/mol. The zero-order chi connectivity index (χ0) is 22.6. The van der Waals surface area contributed by atoms with Gasteiger partial charge in [0.2, 0.25) is 12.7 Å². The van der Waals surface area contributed by atoms with Crippen LogP contribution in [0, 0.1) is 0 Å². The van der Waals surface area contributed by atoms with Gasteiger partial charge in [0.15, 0.2) is 11.5 Å². The van der Waals surface area contributed by atoms with Gasteiger partial charge < -0.3 is 25.8 Å². The van der Waals surface area contributed by atoms with Crippen molar-refractivity contribution in [2.45, 2.75) is 31.7 Å². The molecule has 5 rings (SSSR count). The van der Waals surface area contributed by atoms with E-state index in [1.54, 1.807) is 25.1 Å². The number of primary amides is 1. The van der Waals surface area contributed by atoms with Gasteiger partial charge in [-0.05, 0) is 49.4 Å². The minimum absolute atomic E-state index is 0.0849. The van der Waals surface area contributed by atoms with Crippen molar-refractivity contribution in [3.63, 3.8) is 0 Å². The molecule has 3 aliphatic rings. The lowest BCUT2D eigenvalue weighted by molar-refractivity contribution is -0.133. The maximum atomic E-state index is 13.1. The van der Waals surface area contributed by atoms with Crippen LogP contribution >= 0.6 is 11.3 Å². The quantitative estimate of drug-likeness (QED) is 0.582. The van der Waals surface area contributed by atoms with E-state index in [1.807, 2.05) is 0 Å². The molecule has 1 aliphatic carbocycles. The Labute approximate surface area is 186 Å². The number of fused-ring (bicyclic) bond motifs is 2. The fraction of sp³-hybridized carbons (Fsp3) is 0.333. The first-order valence-corrected chi connectivity index (χ1v) is 10.9. The lowest BCUT2D eigenvalue weighted by Crippen LogP contribution is -2.42. The van der Waals surface area contributed by atoms with E-state index in [0.29, 0.717) is 27.6 Å². The van der Waals surface area contributed by atoms with Crippen molar-refractivity contribution < 1.29 is 28.7 Å². The molecule has 2 aliphatic heterocycles. The number of urea groups is 1. The molecule has 166 valence electrons. The van der Waals surface area contributed by atoms with Crippen LogP contribution in [-0.2, 0) is 28.0 Å². The molecule has 5 amide bonds. The number of nitrogens with one attached hydrogen (secondary N) is 2. The number of imide groups is 1. The summed E-state index contributed by atoms with van der Waals surface area (Å²) in [6.45, 7) is 1.16. The molecule has 0 spiro atoms. The number of nitrogens with zero attached hydrogens (tertiary/aromatic N) is 1. The van der Waals surface area contributed by atoms with Crippen LogP contribution in [0.25, 0.3) is 0 Å². The number of anilines is 1. The van der Waals surface area contributed by atoms with Gasteiger partial charge >= 0.3 is 6.03 Å². The monoisotopic (exact) mass is 456 g/mol. The molecule has 11 heteroatoms. The van der Waals surface area contributed by atoms with Crippen LogP contribution in [0.4, 0.5) is 9.80 Å². The Morgan fingerprint density at radius 1 is 1.25 bits per heavy atom. The lowest BCUT2D eigenvalue weighted by Gasteiger charge is -2.22. The highest BCUT2D eigenvalue weighted by Crippen LogP contribution is 2.40. The number of aryl methyl sites for hydroxylation is 1. The van der Waals surface area contributed by atoms with Crippen LogP contribution in [0.1, 0.15) is 39.7 Å². The molecule has 0 radical (unpaired) electrons. The summed E-state index contributed by atoms with van der Waals surface area (Å²) in [5, 5.41) is 5.68. The van der Waals surface area contributed by atoms with Crippen molar-refractivity contribution in [2.24, 2.45) is 5.73 Å². The number of hydrogen-bond acceptors (Lipinski definition) is 7. The Bertz CT molecular complexity index is 1190. The second kappa shape index (κ2) is 7.23. The summed E-state index contributed by atoms with van der Waals surface area (Å²) in [6.07, 6.45) is 2.51. The van der Waals surface area contributed by atoms with E-state index in [2.05, 4.69) is 10.6 Å². The maximum Gasteiger partial charge on any atom is 0.325 e. The third kappa shape index (κ3) is 3.08. The normalized spacial score (nSPS) is 21.0. The van der Waals surface area contributed by atoms with E-state index < -0.39 is 35.8 Å². The Hall–Kier alpha value is -3.60. The predicted octanol–water partition coefficient (Wildman–Crippen LogP) is 1.47. The van der Waals surface area contributed by atoms with Crippen molar-refractivity contribution in [2.75, 3.05) is 18.7 Å². The number of thiophene rings is 1. The smallest absolute Gasteiger partial charge is 0.325 e. The Morgan fingerprint density at radius 3 is 2.81 bits per heavy atom. The number of amides is 5. The van der Waals surface area contributed by atoms with Gasteiger partial charge in [-0.3, -0.25) is 19.3 Å². The summed E-state index contributed by atoms with van der Waals surface area (Å²) in [4.78, 5) is 52.2. The summed E-state index contributed by atoms with van der Waals surface area (Å²) in [7, 11) is 0. The highest BCUT2D eigenvalue weighted by molar-refractivity contribution is 7.17. The highest BCUT2D eigenvalue weighted by Gasteiger charge is 2.50. The molecule has 10 nitrogen and oxygen atoms in total. The van der Waals surface area contributed by atoms with Gasteiger partial charge in [0, 0.05) is 4.88 Å². The first kappa shape index (κ1) is 20.3. The number of ether oxygens (including phenoxy) is 2. The first-order valence-electron chi connectivity index (χ1n) is 10.1. The Kier molecular flexibility index (Phi) is 4.59. The topological polar surface area (TPSA) is 140 Å². The molecule has 0 bridgehead atoms. The third-order valence-corrected chi connectivity index (χ3v) is 7.15. The lowest BCUT2D eigenvalue weighted by atomic mass is 9.91. The van der Waals surface area contributed by atoms with Gasteiger partial charge in [-0.1, -0.05) is 6.07 Å². The Morgan fingerprint density at radius 2 is 2.03 bits per heavy atom. The summed E-state index contributed by atoms with van der Waals surface area (Å²) in [6, 6.07) is 4.28. The van der Waals surface area contributed by atoms with Gasteiger partial charge in [0.05, 0.1) is 5.56 Å². The van der Waals surface area contributed by atoms with Crippen LogP contribution in [0.2, 0.25) is 0 Å². The summed E-state index contributed by atoms with van der Waals surface area (Å²) in [5.41, 5.74) is 5.87. The average molecular weight is 456 g/mol. The summed E-state index contributed by atoms with van der Waals surface area (Å²) in [5.74, 6) is -0.735. The summed E-state index contributed by atoms with van der Waals surface area (Å²) < 4.78 is 10.6.